The highest BCUT2D eigenvalue weighted by atomic mass is 35.5. The fourth-order valence-corrected chi connectivity index (χ4v) is 4.34. The van der Waals surface area contributed by atoms with E-state index in [1.807, 2.05) is 44.2 Å². The Morgan fingerprint density at radius 3 is 2.42 bits per heavy atom. The third kappa shape index (κ3) is 5.50. The molecular weight excluding hydrogens is 506 g/mol. The van der Waals surface area contributed by atoms with Crippen molar-refractivity contribution in [1.82, 2.24) is 5.32 Å². The molecule has 4 rings (SSSR count). The Morgan fingerprint density at radius 1 is 0.921 bits per heavy atom. The number of nitrogens with zero attached hydrogens (tertiary/aromatic N) is 1. The molecular formula is C29H28ClN3O5. The van der Waals surface area contributed by atoms with Gasteiger partial charge in [0.2, 0.25) is 0 Å². The van der Waals surface area contributed by atoms with Crippen LogP contribution in [0.25, 0.3) is 0 Å². The summed E-state index contributed by atoms with van der Waals surface area (Å²) < 4.78 is 10.6. The fourth-order valence-electron chi connectivity index (χ4n) is 4.13. The highest BCUT2D eigenvalue weighted by molar-refractivity contribution is 6.53. The van der Waals surface area contributed by atoms with Crippen LogP contribution < -0.4 is 25.0 Å². The van der Waals surface area contributed by atoms with Crippen molar-refractivity contribution in [3.63, 3.8) is 0 Å². The van der Waals surface area contributed by atoms with E-state index >= 15 is 0 Å². The molecule has 0 unspecified atom stereocenters. The maximum Gasteiger partial charge on any atom is 0.283 e. The molecule has 9 heteroatoms. The maximum absolute atomic E-state index is 13.2. The van der Waals surface area contributed by atoms with Gasteiger partial charge in [-0.25, -0.2) is 4.90 Å². The molecule has 1 aliphatic heterocycles. The molecule has 0 aromatic heterocycles. The number of anilines is 2. The molecule has 3 amide bonds. The largest absolute Gasteiger partial charge is 0.493 e. The molecule has 3 aromatic carbocycles. The zero-order valence-corrected chi connectivity index (χ0v) is 22.3. The molecule has 0 atom stereocenters. The molecule has 0 saturated carbocycles. The quantitative estimate of drug-likeness (QED) is 0.386. The topological polar surface area (TPSA) is 97.0 Å². The Kier molecular flexibility index (Phi) is 8.02. The van der Waals surface area contributed by atoms with E-state index < -0.39 is 11.8 Å². The van der Waals surface area contributed by atoms with Crippen molar-refractivity contribution >= 4 is 40.7 Å². The second-order valence-electron chi connectivity index (χ2n) is 8.83. The van der Waals surface area contributed by atoms with Gasteiger partial charge >= 0.3 is 0 Å². The van der Waals surface area contributed by atoms with Crippen molar-refractivity contribution in [3.05, 3.63) is 93.6 Å². The summed E-state index contributed by atoms with van der Waals surface area (Å²) in [6.45, 7) is 4.11. The lowest BCUT2D eigenvalue weighted by Gasteiger charge is -2.18. The molecule has 0 aliphatic carbocycles. The summed E-state index contributed by atoms with van der Waals surface area (Å²) >= 11 is 6.29. The number of hydrogen-bond acceptors (Lipinski definition) is 6. The molecule has 38 heavy (non-hydrogen) atoms. The van der Waals surface area contributed by atoms with Crippen LogP contribution in [0.3, 0.4) is 0 Å². The van der Waals surface area contributed by atoms with Gasteiger partial charge in [0.05, 0.1) is 19.9 Å². The summed E-state index contributed by atoms with van der Waals surface area (Å²) in [5.41, 5.74) is 3.96. The van der Waals surface area contributed by atoms with Crippen molar-refractivity contribution in [2.75, 3.05) is 31.0 Å². The van der Waals surface area contributed by atoms with E-state index in [0.717, 1.165) is 21.6 Å². The number of carbonyl (C=O) groups excluding carboxylic acids is 3. The van der Waals surface area contributed by atoms with Gasteiger partial charge in [-0.2, -0.15) is 0 Å². The molecule has 3 aromatic rings. The number of nitrogens with one attached hydrogen (secondary N) is 2. The van der Waals surface area contributed by atoms with Gasteiger partial charge in [-0.05, 0) is 73.4 Å². The Morgan fingerprint density at radius 2 is 1.68 bits per heavy atom. The zero-order valence-electron chi connectivity index (χ0n) is 21.6. The lowest BCUT2D eigenvalue weighted by Crippen LogP contribution is -2.33. The summed E-state index contributed by atoms with van der Waals surface area (Å²) in [6.07, 6.45) is 0.595. The van der Waals surface area contributed by atoms with Crippen molar-refractivity contribution in [3.8, 4) is 11.5 Å². The highest BCUT2D eigenvalue weighted by Crippen LogP contribution is 2.32. The third-order valence-corrected chi connectivity index (χ3v) is 6.52. The molecule has 0 fully saturated rings. The van der Waals surface area contributed by atoms with Gasteiger partial charge in [0.15, 0.2) is 11.5 Å². The number of rotatable bonds is 9. The number of hydrogen-bond donors (Lipinski definition) is 2. The standard InChI is InChI=1S/C29H28ClN3O5/c1-17-8-9-18(2)22(14-17)33-28(35)25(30)26(29(33)36)32-21-7-5-6-20(16-21)27(34)31-13-12-19-10-11-23(37-3)24(15-19)38-4/h5-11,14-16,32H,12-13H2,1-4H3,(H,31,34). The minimum absolute atomic E-state index is 0.0383. The van der Waals surface area contributed by atoms with Crippen LogP contribution in [0.1, 0.15) is 27.0 Å². The maximum atomic E-state index is 13.2. The van der Waals surface area contributed by atoms with E-state index in [0.29, 0.717) is 41.4 Å². The van der Waals surface area contributed by atoms with Crippen LogP contribution in [-0.2, 0) is 16.0 Å². The Bertz CT molecular complexity index is 1450. The van der Waals surface area contributed by atoms with E-state index in [1.54, 1.807) is 44.6 Å². The number of carbonyl (C=O) groups is 3. The van der Waals surface area contributed by atoms with Crippen LogP contribution in [0.2, 0.25) is 0 Å². The third-order valence-electron chi connectivity index (χ3n) is 6.17. The second-order valence-corrected chi connectivity index (χ2v) is 9.20. The Hall–Kier alpha value is -4.30. The molecule has 0 spiro atoms. The normalized spacial score (nSPS) is 13.1. The molecule has 2 N–H and O–H groups in total. The molecule has 0 radical (unpaired) electrons. The summed E-state index contributed by atoms with van der Waals surface area (Å²) in [7, 11) is 3.15. The van der Waals surface area contributed by atoms with Crippen molar-refractivity contribution < 1.29 is 23.9 Å². The first-order valence-corrected chi connectivity index (χ1v) is 12.3. The number of benzene rings is 3. The van der Waals surface area contributed by atoms with Crippen molar-refractivity contribution in [2.45, 2.75) is 20.3 Å². The summed E-state index contributed by atoms with van der Waals surface area (Å²) in [5.74, 6) is -0.172. The average Bonchev–Trinajstić information content (AvgIpc) is 3.12. The first-order valence-electron chi connectivity index (χ1n) is 12.0. The fraction of sp³-hybridized carbons (Fsp3) is 0.207. The van der Waals surface area contributed by atoms with Gasteiger partial charge in [0.1, 0.15) is 10.7 Å². The van der Waals surface area contributed by atoms with Crippen LogP contribution in [0, 0.1) is 13.8 Å². The Labute approximate surface area is 226 Å². The van der Waals surface area contributed by atoms with Crippen LogP contribution in [0.4, 0.5) is 11.4 Å². The van der Waals surface area contributed by atoms with Gasteiger partial charge in [0, 0.05) is 17.8 Å². The monoisotopic (exact) mass is 533 g/mol. The Balaban J connectivity index is 1.43. The average molecular weight is 534 g/mol. The summed E-state index contributed by atoms with van der Waals surface area (Å²) in [4.78, 5) is 39.9. The van der Waals surface area contributed by atoms with Crippen LogP contribution in [-0.4, -0.2) is 38.5 Å². The molecule has 1 aliphatic rings. The summed E-state index contributed by atoms with van der Waals surface area (Å²) in [6, 6.07) is 17.8. The number of methoxy groups -OCH3 is 2. The van der Waals surface area contributed by atoms with E-state index in [-0.39, 0.29) is 16.6 Å². The lowest BCUT2D eigenvalue weighted by atomic mass is 10.1. The van der Waals surface area contributed by atoms with Crippen molar-refractivity contribution in [2.24, 2.45) is 0 Å². The molecule has 0 bridgehead atoms. The van der Waals surface area contributed by atoms with Crippen molar-refractivity contribution in [1.29, 1.82) is 0 Å². The number of amides is 3. The van der Waals surface area contributed by atoms with E-state index in [1.165, 1.54) is 0 Å². The van der Waals surface area contributed by atoms with Gasteiger partial charge in [-0.3, -0.25) is 14.4 Å². The van der Waals surface area contributed by atoms with Crippen LogP contribution >= 0.6 is 11.6 Å². The minimum atomic E-state index is -0.600. The smallest absolute Gasteiger partial charge is 0.283 e. The molecule has 196 valence electrons. The van der Waals surface area contributed by atoms with E-state index in [9.17, 15) is 14.4 Å². The number of halogens is 1. The summed E-state index contributed by atoms with van der Waals surface area (Å²) in [5, 5.41) is 5.62. The SMILES string of the molecule is COc1ccc(CCNC(=O)c2cccc(NC3=C(Cl)C(=O)N(c4cc(C)ccc4C)C3=O)c2)cc1OC. The first-order chi connectivity index (χ1) is 18.2. The van der Waals surface area contributed by atoms with Crippen LogP contribution in [0.5, 0.6) is 11.5 Å². The van der Waals surface area contributed by atoms with E-state index in [4.69, 9.17) is 21.1 Å². The predicted molar refractivity (Wildman–Crippen MR) is 147 cm³/mol. The lowest BCUT2D eigenvalue weighted by molar-refractivity contribution is -0.120. The molecule has 8 nitrogen and oxygen atoms in total. The number of ether oxygens (including phenoxy) is 2. The highest BCUT2D eigenvalue weighted by Gasteiger charge is 2.39. The predicted octanol–water partition coefficient (Wildman–Crippen LogP) is 4.73. The minimum Gasteiger partial charge on any atom is -0.493 e. The zero-order chi connectivity index (χ0) is 27.4. The molecule has 0 saturated heterocycles. The van der Waals surface area contributed by atoms with Gasteiger partial charge in [-0.15, -0.1) is 0 Å². The number of imide groups is 1. The number of aryl methyl sites for hydroxylation is 2. The van der Waals surface area contributed by atoms with Crippen LogP contribution in [0.15, 0.2) is 71.4 Å². The van der Waals surface area contributed by atoms with Gasteiger partial charge in [0.25, 0.3) is 17.7 Å². The first kappa shape index (κ1) is 26.8. The van der Waals surface area contributed by atoms with Gasteiger partial charge in [-0.1, -0.05) is 35.9 Å². The second kappa shape index (κ2) is 11.4. The van der Waals surface area contributed by atoms with E-state index in [2.05, 4.69) is 10.6 Å². The van der Waals surface area contributed by atoms with Gasteiger partial charge < -0.3 is 20.1 Å². The molecule has 1 heterocycles.